The van der Waals surface area contributed by atoms with E-state index in [1.54, 1.807) is 0 Å². The van der Waals surface area contributed by atoms with Crippen LogP contribution in [0.25, 0.3) is 0 Å². The molecule has 3 aliphatic carbocycles. The van der Waals surface area contributed by atoms with Crippen LogP contribution in [0.5, 0.6) is 0 Å². The van der Waals surface area contributed by atoms with Crippen molar-refractivity contribution >= 4 is 0 Å². The fourth-order valence-corrected chi connectivity index (χ4v) is 7.93. The lowest BCUT2D eigenvalue weighted by molar-refractivity contribution is -0.230. The Labute approximate surface area is 214 Å². The third-order valence-electron chi connectivity index (χ3n) is 10.2. The van der Waals surface area contributed by atoms with E-state index in [9.17, 15) is 8.78 Å². The highest BCUT2D eigenvalue weighted by atomic mass is 19.3. The van der Waals surface area contributed by atoms with E-state index < -0.39 is 6.08 Å². The largest absolute Gasteiger partial charge is 0.352 e. The Morgan fingerprint density at radius 1 is 0.629 bits per heavy atom. The molecule has 0 aromatic heterocycles. The van der Waals surface area contributed by atoms with Gasteiger partial charge in [0.2, 0.25) is 0 Å². The van der Waals surface area contributed by atoms with E-state index in [0.717, 1.165) is 62.6 Å². The van der Waals surface area contributed by atoms with Gasteiger partial charge in [0.25, 0.3) is 6.08 Å². The molecule has 3 saturated carbocycles. The highest BCUT2D eigenvalue weighted by Gasteiger charge is 2.33. The topological polar surface area (TPSA) is 18.5 Å². The van der Waals surface area contributed by atoms with E-state index in [2.05, 4.69) is 6.92 Å². The van der Waals surface area contributed by atoms with Crippen molar-refractivity contribution in [3.63, 3.8) is 0 Å². The molecule has 0 N–H and O–H groups in total. The summed E-state index contributed by atoms with van der Waals surface area (Å²) in [5, 5.41) is 0. The molecule has 0 spiro atoms. The Morgan fingerprint density at radius 3 is 1.66 bits per heavy atom. The third kappa shape index (κ3) is 8.80. The summed E-state index contributed by atoms with van der Waals surface area (Å²) in [5.74, 6) is 4.86. The van der Waals surface area contributed by atoms with E-state index >= 15 is 0 Å². The van der Waals surface area contributed by atoms with Gasteiger partial charge in [0.1, 0.15) is 0 Å². The SMILES string of the molecule is CCCC1CCC(C2OCC(CCCCC3CCC(C4CCC(C=C(F)F)CC4)CC3)CO2)CC1. The van der Waals surface area contributed by atoms with Gasteiger partial charge >= 0.3 is 0 Å². The van der Waals surface area contributed by atoms with Crippen LogP contribution in [0.3, 0.4) is 0 Å². The summed E-state index contributed by atoms with van der Waals surface area (Å²) in [5.41, 5.74) is 0. The van der Waals surface area contributed by atoms with Crippen molar-refractivity contribution in [1.29, 1.82) is 0 Å². The second-order valence-electron chi connectivity index (χ2n) is 12.7. The molecule has 1 saturated heterocycles. The molecule has 0 unspecified atom stereocenters. The minimum atomic E-state index is -1.48. The maximum atomic E-state index is 12.5. The van der Waals surface area contributed by atoms with Gasteiger partial charge in [-0.15, -0.1) is 0 Å². The standard InChI is InChI=1S/C31H52F2O2/c1-2-5-23-10-18-29(19-11-23)31-34-21-26(22-35-31)7-4-3-6-24-8-14-27(15-9-24)28-16-12-25(13-17-28)20-30(32)33/h20,23-29,31H,2-19,21-22H2,1H3. The zero-order chi connectivity index (χ0) is 24.5. The summed E-state index contributed by atoms with van der Waals surface area (Å²) in [7, 11) is 0. The van der Waals surface area contributed by atoms with Crippen molar-refractivity contribution in [3.8, 4) is 0 Å². The predicted molar refractivity (Wildman–Crippen MR) is 139 cm³/mol. The van der Waals surface area contributed by atoms with E-state index in [4.69, 9.17) is 9.47 Å². The van der Waals surface area contributed by atoms with Crippen molar-refractivity contribution in [2.45, 2.75) is 129 Å². The molecule has 2 nitrogen and oxygen atoms in total. The molecule has 0 amide bonds. The highest BCUT2D eigenvalue weighted by Crippen LogP contribution is 2.43. The highest BCUT2D eigenvalue weighted by molar-refractivity contribution is 4.92. The molecule has 4 heteroatoms. The van der Waals surface area contributed by atoms with Gasteiger partial charge in [-0.2, -0.15) is 8.78 Å². The number of ether oxygens (including phenoxy) is 2. The van der Waals surface area contributed by atoms with Gasteiger partial charge in [-0.25, -0.2) is 0 Å². The van der Waals surface area contributed by atoms with E-state index in [0.29, 0.717) is 11.8 Å². The summed E-state index contributed by atoms with van der Waals surface area (Å²) in [4.78, 5) is 0. The number of rotatable bonds is 10. The van der Waals surface area contributed by atoms with E-state index in [1.165, 1.54) is 96.0 Å². The quantitative estimate of drug-likeness (QED) is 0.281. The van der Waals surface area contributed by atoms with Crippen molar-refractivity contribution in [2.24, 2.45) is 41.4 Å². The maximum absolute atomic E-state index is 12.5. The van der Waals surface area contributed by atoms with Crippen LogP contribution in [0.1, 0.15) is 122 Å². The van der Waals surface area contributed by atoms with Crippen molar-refractivity contribution in [2.75, 3.05) is 13.2 Å². The molecule has 202 valence electrons. The summed E-state index contributed by atoms with van der Waals surface area (Å²) in [6.07, 6.45) is 22.9. The van der Waals surface area contributed by atoms with Crippen molar-refractivity contribution in [3.05, 3.63) is 12.2 Å². The van der Waals surface area contributed by atoms with Crippen LogP contribution in [0, 0.1) is 41.4 Å². The average Bonchev–Trinajstić information content (AvgIpc) is 2.88. The molecule has 1 aliphatic heterocycles. The lowest BCUT2D eigenvalue weighted by Gasteiger charge is -2.38. The van der Waals surface area contributed by atoms with Crippen LogP contribution < -0.4 is 0 Å². The summed E-state index contributed by atoms with van der Waals surface area (Å²) in [6.45, 7) is 4.11. The van der Waals surface area contributed by atoms with Gasteiger partial charge in [0.05, 0.1) is 13.2 Å². The van der Waals surface area contributed by atoms with E-state index in [-0.39, 0.29) is 12.2 Å². The lowest BCUT2D eigenvalue weighted by atomic mass is 9.68. The molecule has 0 radical (unpaired) electrons. The first kappa shape index (κ1) is 27.6. The first-order chi connectivity index (χ1) is 17.1. The number of halogens is 2. The smallest absolute Gasteiger partial charge is 0.266 e. The minimum absolute atomic E-state index is 0.0698. The molecule has 4 aliphatic rings. The first-order valence-corrected chi connectivity index (χ1v) is 15.4. The fourth-order valence-electron chi connectivity index (χ4n) is 7.93. The van der Waals surface area contributed by atoms with Crippen LogP contribution in [0.4, 0.5) is 8.78 Å². The third-order valence-corrected chi connectivity index (χ3v) is 10.2. The Balaban J connectivity index is 1.02. The van der Waals surface area contributed by atoms with E-state index in [1.807, 2.05) is 0 Å². The second-order valence-corrected chi connectivity index (χ2v) is 12.7. The first-order valence-electron chi connectivity index (χ1n) is 15.4. The Hall–Kier alpha value is -0.480. The van der Waals surface area contributed by atoms with Gasteiger partial charge in [-0.05, 0) is 106 Å². The molecule has 0 aromatic carbocycles. The number of unbranched alkanes of at least 4 members (excludes halogenated alkanes) is 1. The van der Waals surface area contributed by atoms with Gasteiger partial charge < -0.3 is 9.47 Å². The van der Waals surface area contributed by atoms with Crippen LogP contribution in [0.2, 0.25) is 0 Å². The molecule has 4 rings (SSSR count). The second kappa shape index (κ2) is 14.5. The summed E-state index contributed by atoms with van der Waals surface area (Å²) in [6, 6.07) is 0. The maximum Gasteiger partial charge on any atom is 0.266 e. The van der Waals surface area contributed by atoms with Gasteiger partial charge in [0, 0.05) is 11.8 Å². The van der Waals surface area contributed by atoms with Crippen molar-refractivity contribution in [1.82, 2.24) is 0 Å². The molecule has 0 aromatic rings. The molecule has 1 heterocycles. The number of hydrogen-bond acceptors (Lipinski definition) is 2. The zero-order valence-corrected chi connectivity index (χ0v) is 22.4. The minimum Gasteiger partial charge on any atom is -0.352 e. The molecule has 35 heavy (non-hydrogen) atoms. The number of hydrogen-bond donors (Lipinski definition) is 0. The van der Waals surface area contributed by atoms with Gasteiger partial charge in [-0.1, -0.05) is 51.9 Å². The van der Waals surface area contributed by atoms with Crippen LogP contribution in [0.15, 0.2) is 12.2 Å². The summed E-state index contributed by atoms with van der Waals surface area (Å²) >= 11 is 0. The predicted octanol–water partition coefficient (Wildman–Crippen LogP) is 9.54. The molecular formula is C31H52F2O2. The number of allylic oxidation sites excluding steroid dienone is 1. The van der Waals surface area contributed by atoms with Gasteiger partial charge in [-0.3, -0.25) is 0 Å². The van der Waals surface area contributed by atoms with Crippen LogP contribution >= 0.6 is 0 Å². The molecule has 0 atom stereocenters. The Kier molecular flexibility index (Phi) is 11.4. The Bertz CT molecular complexity index is 601. The average molecular weight is 495 g/mol. The summed E-state index contributed by atoms with van der Waals surface area (Å²) < 4.78 is 37.4. The van der Waals surface area contributed by atoms with Gasteiger partial charge in [0.15, 0.2) is 6.29 Å². The molecule has 0 bridgehead atoms. The molecular weight excluding hydrogens is 442 g/mol. The van der Waals surface area contributed by atoms with Crippen LogP contribution in [-0.4, -0.2) is 19.5 Å². The fraction of sp³-hybridized carbons (Fsp3) is 0.935. The monoisotopic (exact) mass is 494 g/mol. The molecule has 4 fully saturated rings. The Morgan fingerprint density at radius 2 is 1.11 bits per heavy atom. The van der Waals surface area contributed by atoms with Crippen molar-refractivity contribution < 1.29 is 18.3 Å². The lowest BCUT2D eigenvalue weighted by Crippen LogP contribution is -2.38. The normalized spacial score (nSPS) is 38.7. The van der Waals surface area contributed by atoms with Crippen LogP contribution in [-0.2, 0) is 9.47 Å². The zero-order valence-electron chi connectivity index (χ0n) is 22.4.